The molecule has 10 heteroatoms. The first-order valence-electron chi connectivity index (χ1n) is 39.6. The molecule has 1 N–H and O–H groups in total. The summed E-state index contributed by atoms with van der Waals surface area (Å²) in [5.41, 5.74) is 0. The van der Waals surface area contributed by atoms with E-state index in [-0.39, 0.29) is 32.0 Å². The smallest absolute Gasteiger partial charge is 0.462 e. The molecule has 96 heavy (non-hydrogen) atoms. The Morgan fingerprint density at radius 1 is 0.333 bits per heavy atom. The topological polar surface area (TPSA) is 108 Å². The summed E-state index contributed by atoms with van der Waals surface area (Å²) in [6, 6.07) is 0. The van der Waals surface area contributed by atoms with E-state index in [1.165, 1.54) is 193 Å². The lowest BCUT2D eigenvalue weighted by Crippen LogP contribution is -2.37. The number of unbranched alkanes of at least 4 members (excludes halogenated alkanes) is 34. The van der Waals surface area contributed by atoms with Gasteiger partial charge in [0, 0.05) is 12.8 Å². The first kappa shape index (κ1) is 91.9. The lowest BCUT2D eigenvalue weighted by molar-refractivity contribution is -0.870. The summed E-state index contributed by atoms with van der Waals surface area (Å²) in [7, 11) is 1.45. The molecule has 0 heterocycles. The van der Waals surface area contributed by atoms with Crippen LogP contribution >= 0.6 is 7.82 Å². The second-order valence-corrected chi connectivity index (χ2v) is 28.8. The van der Waals surface area contributed by atoms with Crippen molar-refractivity contribution in [1.82, 2.24) is 0 Å². The van der Waals surface area contributed by atoms with Crippen LogP contribution in [-0.2, 0) is 32.7 Å². The van der Waals surface area contributed by atoms with Crippen molar-refractivity contribution in [3.63, 3.8) is 0 Å². The summed E-state index contributed by atoms with van der Waals surface area (Å²) in [4.78, 5) is 36.0. The summed E-state index contributed by atoms with van der Waals surface area (Å²) < 4.78 is 34.7. The third kappa shape index (κ3) is 78.9. The zero-order chi connectivity index (χ0) is 69.7. The van der Waals surface area contributed by atoms with Crippen LogP contribution < -0.4 is 0 Å². The largest absolute Gasteiger partial charge is 0.472 e. The number of hydrogen-bond acceptors (Lipinski definition) is 7. The summed E-state index contributed by atoms with van der Waals surface area (Å²) in [5, 5.41) is 0. The molecule has 0 aromatic heterocycles. The molecule has 0 fully saturated rings. The summed E-state index contributed by atoms with van der Waals surface area (Å²) in [6.07, 6.45) is 111. The van der Waals surface area contributed by atoms with Crippen molar-refractivity contribution in [2.24, 2.45) is 0 Å². The molecule has 0 bridgehead atoms. The van der Waals surface area contributed by atoms with Crippen LogP contribution in [0, 0.1) is 0 Å². The van der Waals surface area contributed by atoms with Gasteiger partial charge in [0.2, 0.25) is 0 Å². The van der Waals surface area contributed by atoms with Crippen molar-refractivity contribution in [2.75, 3.05) is 47.5 Å². The van der Waals surface area contributed by atoms with Gasteiger partial charge in [-0.15, -0.1) is 0 Å². The van der Waals surface area contributed by atoms with Gasteiger partial charge in [0.1, 0.15) is 19.8 Å². The molecule has 0 aliphatic rings. The zero-order valence-electron chi connectivity index (χ0n) is 62.8. The molecule has 0 saturated carbocycles. The van der Waals surface area contributed by atoms with Crippen molar-refractivity contribution in [1.29, 1.82) is 0 Å². The van der Waals surface area contributed by atoms with Gasteiger partial charge in [-0.1, -0.05) is 346 Å². The number of ether oxygens (including phenoxy) is 2. The Kier molecular flexibility index (Phi) is 71.9. The van der Waals surface area contributed by atoms with E-state index in [0.29, 0.717) is 17.4 Å². The first-order valence-corrected chi connectivity index (χ1v) is 41.1. The molecule has 0 aliphatic heterocycles. The summed E-state index contributed by atoms with van der Waals surface area (Å²) in [5.74, 6) is -0.834. The number of esters is 2. The van der Waals surface area contributed by atoms with Crippen molar-refractivity contribution >= 4 is 19.8 Å². The molecule has 550 valence electrons. The van der Waals surface area contributed by atoms with E-state index in [4.69, 9.17) is 18.5 Å². The van der Waals surface area contributed by atoms with Gasteiger partial charge >= 0.3 is 19.8 Å². The zero-order valence-corrected chi connectivity index (χ0v) is 63.7. The molecule has 0 rings (SSSR count). The van der Waals surface area contributed by atoms with Gasteiger partial charge in [-0.05, 0) is 122 Å². The molecule has 9 nitrogen and oxygen atoms in total. The quantitative estimate of drug-likeness (QED) is 0.0211. The van der Waals surface area contributed by atoms with Crippen LogP contribution in [0.5, 0.6) is 0 Å². The molecule has 0 amide bonds. The predicted octanol–water partition coefficient (Wildman–Crippen LogP) is 26.5. The molecule has 0 radical (unpaired) electrons. The number of rotatable bonds is 72. The number of phosphoric acid groups is 1. The van der Waals surface area contributed by atoms with E-state index < -0.39 is 26.5 Å². The molecule has 0 aromatic carbocycles. The van der Waals surface area contributed by atoms with Crippen molar-refractivity contribution in [3.05, 3.63) is 146 Å². The van der Waals surface area contributed by atoms with Crippen LogP contribution in [0.1, 0.15) is 335 Å². The Bertz CT molecular complexity index is 2140. The fraction of sp³-hybridized carbons (Fsp3) is 0.698. The Balaban J connectivity index is 4.08. The third-order valence-electron chi connectivity index (χ3n) is 16.9. The minimum Gasteiger partial charge on any atom is -0.462 e. The maximum absolute atomic E-state index is 12.9. The van der Waals surface area contributed by atoms with E-state index >= 15 is 0 Å². The fourth-order valence-corrected chi connectivity index (χ4v) is 11.6. The van der Waals surface area contributed by atoms with Crippen molar-refractivity contribution in [3.8, 4) is 0 Å². The SMILES string of the molecule is CC/C=C\C/C=C\C/C=C\C/C=C\C/C=C\C/C=C\C/C=C\C/C=C\C/C=C\C/C=C\C/C=C\CCCCCC(=O)OC(COC(=O)CCCCCCCCCCCCCCCCCCCCCCCCC/C=C\CCCCCCCCCC)COP(=O)(O)OCC[N+](C)(C)C. The van der Waals surface area contributed by atoms with E-state index in [0.717, 1.165) is 109 Å². The van der Waals surface area contributed by atoms with Crippen LogP contribution in [0.2, 0.25) is 0 Å². The highest BCUT2D eigenvalue weighted by Gasteiger charge is 2.27. The number of phosphoric ester groups is 1. The van der Waals surface area contributed by atoms with Crippen LogP contribution in [0.15, 0.2) is 146 Å². The minimum absolute atomic E-state index is 0.0188. The molecular formula is C86H149NO8P+. The molecule has 0 aliphatic carbocycles. The van der Waals surface area contributed by atoms with E-state index in [1.807, 2.05) is 21.1 Å². The Labute approximate surface area is 593 Å². The average Bonchev–Trinajstić information content (AvgIpc) is 2.72. The van der Waals surface area contributed by atoms with Gasteiger partial charge in [0.25, 0.3) is 0 Å². The Morgan fingerprint density at radius 2 is 0.594 bits per heavy atom. The number of carbonyl (C=O) groups is 2. The number of likely N-dealkylation sites (N-methyl/N-ethyl adjacent to an activating group) is 1. The van der Waals surface area contributed by atoms with Crippen LogP contribution in [0.3, 0.4) is 0 Å². The van der Waals surface area contributed by atoms with E-state index in [1.54, 1.807) is 0 Å². The number of carbonyl (C=O) groups excluding carboxylic acids is 2. The van der Waals surface area contributed by atoms with Crippen LogP contribution in [0.4, 0.5) is 0 Å². The van der Waals surface area contributed by atoms with Crippen molar-refractivity contribution < 1.29 is 42.1 Å². The highest BCUT2D eigenvalue weighted by Crippen LogP contribution is 2.43. The van der Waals surface area contributed by atoms with Gasteiger partial charge in [-0.3, -0.25) is 18.6 Å². The fourth-order valence-electron chi connectivity index (χ4n) is 10.8. The lowest BCUT2D eigenvalue weighted by atomic mass is 10.0. The monoisotopic (exact) mass is 1360 g/mol. The molecule has 0 spiro atoms. The van der Waals surface area contributed by atoms with Crippen molar-refractivity contribution in [2.45, 2.75) is 341 Å². The molecule has 2 atom stereocenters. The minimum atomic E-state index is -4.41. The predicted molar refractivity (Wildman–Crippen MR) is 417 cm³/mol. The first-order chi connectivity index (χ1) is 47.0. The second kappa shape index (κ2) is 75.1. The Morgan fingerprint density at radius 3 is 0.906 bits per heavy atom. The number of allylic oxidation sites excluding steroid dienone is 24. The van der Waals surface area contributed by atoms with Gasteiger partial charge in [0.15, 0.2) is 6.10 Å². The molecule has 2 unspecified atom stereocenters. The molecule has 0 aromatic rings. The molecular weight excluding hydrogens is 1210 g/mol. The number of nitrogens with zero attached hydrogens (tertiary/aromatic N) is 1. The standard InChI is InChI=1S/C86H148NO8P/c1-6-8-10-12-14-16-18-20-22-24-26-28-30-32-34-36-38-40-42-43-45-47-49-51-53-55-57-59-61-63-65-67-69-71-73-75-77-79-86(89)95-84(83-94-96(90,91)93-81-80-87(3,4)5)82-92-85(88)78-76-74-72-70-68-66-64-62-60-58-56-54-52-50-48-46-44-41-39-37-35-33-31-29-27-25-23-21-19-17-15-13-11-9-7-2/h8,10,14,16,20,22,25-28,32,34,38,40,43,45,49,51,55,57,61,63,67,69,84H,6-7,9,11-13,15,17-19,21,23-24,29-31,33,35-37,39,41-42,44,46-48,50,52-54,56,58-60,62,64-66,68,70-83H2,1-5H3/p+1/b10-8-,16-14-,22-20-,27-25-,28-26-,34-32-,40-38-,45-43-,51-49-,57-55-,63-61-,69-67-. The van der Waals surface area contributed by atoms with Gasteiger partial charge in [-0.25, -0.2) is 4.57 Å². The van der Waals surface area contributed by atoms with E-state index in [9.17, 15) is 19.0 Å². The highest BCUT2D eigenvalue weighted by atomic mass is 31.2. The Hall–Kier alpha value is -4.11. The second-order valence-electron chi connectivity index (χ2n) is 27.4. The van der Waals surface area contributed by atoms with Crippen LogP contribution in [-0.4, -0.2) is 74.9 Å². The van der Waals surface area contributed by atoms with Gasteiger partial charge in [-0.2, -0.15) is 0 Å². The van der Waals surface area contributed by atoms with E-state index in [2.05, 4.69) is 160 Å². The normalized spacial score (nSPS) is 13.9. The summed E-state index contributed by atoms with van der Waals surface area (Å²) in [6.45, 7) is 4.30. The maximum atomic E-state index is 12.9. The van der Waals surface area contributed by atoms with Crippen LogP contribution in [0.25, 0.3) is 0 Å². The maximum Gasteiger partial charge on any atom is 0.472 e. The lowest BCUT2D eigenvalue weighted by Gasteiger charge is -2.24. The van der Waals surface area contributed by atoms with Gasteiger partial charge < -0.3 is 18.9 Å². The number of hydrogen-bond donors (Lipinski definition) is 1. The molecule has 0 saturated heterocycles. The summed E-state index contributed by atoms with van der Waals surface area (Å²) >= 11 is 0. The average molecular weight is 1360 g/mol. The highest BCUT2D eigenvalue weighted by molar-refractivity contribution is 7.47. The van der Waals surface area contributed by atoms with Gasteiger partial charge in [0.05, 0.1) is 27.7 Å². The number of quaternary nitrogens is 1. The third-order valence-corrected chi connectivity index (χ3v) is 17.8.